The van der Waals surface area contributed by atoms with Crippen molar-refractivity contribution < 1.29 is 27.4 Å². The Hall–Kier alpha value is -2.96. The van der Waals surface area contributed by atoms with Crippen LogP contribution in [0, 0.1) is 17.5 Å². The van der Waals surface area contributed by atoms with Crippen molar-refractivity contribution in [3.05, 3.63) is 59.5 Å². The lowest BCUT2D eigenvalue weighted by Gasteiger charge is -2.10. The van der Waals surface area contributed by atoms with Gasteiger partial charge in [-0.3, -0.25) is 0 Å². The van der Waals surface area contributed by atoms with E-state index in [0.29, 0.717) is 0 Å². The molecule has 0 bridgehead atoms. The number of rotatable bonds is 3. The number of esters is 1. The highest BCUT2D eigenvalue weighted by Crippen LogP contribution is 2.33. The second kappa shape index (κ2) is 5.68. The molecular weight excluding hydrogens is 311 g/mol. The maximum Gasteiger partial charge on any atom is 0.340 e. The van der Waals surface area contributed by atoms with Crippen molar-refractivity contribution in [1.82, 2.24) is 4.98 Å². The molecule has 0 saturated heterocycles. The zero-order valence-corrected chi connectivity index (χ0v) is 11.8. The number of carbonyl (C=O) groups excluding carboxylic acids is 1. The van der Waals surface area contributed by atoms with Gasteiger partial charge in [-0.05, 0) is 24.3 Å². The van der Waals surface area contributed by atoms with Gasteiger partial charge in [0.15, 0.2) is 17.4 Å². The van der Waals surface area contributed by atoms with E-state index in [4.69, 9.17) is 4.74 Å². The fraction of sp³-hybridized carbons (Fsp3) is 0.0625. The molecule has 1 heterocycles. The van der Waals surface area contributed by atoms with Crippen LogP contribution in [0.1, 0.15) is 10.4 Å². The van der Waals surface area contributed by atoms with Crippen LogP contribution in [0.4, 0.5) is 13.2 Å². The molecule has 118 valence electrons. The molecule has 0 aliphatic carbocycles. The third-order valence-corrected chi connectivity index (χ3v) is 3.27. The summed E-state index contributed by atoms with van der Waals surface area (Å²) in [4.78, 5) is 14.1. The zero-order valence-electron chi connectivity index (χ0n) is 11.8. The van der Waals surface area contributed by atoms with Gasteiger partial charge >= 0.3 is 5.97 Å². The number of halogens is 3. The maximum absolute atomic E-state index is 14.3. The lowest BCUT2D eigenvalue weighted by Crippen LogP contribution is -2.04. The van der Waals surface area contributed by atoms with Crippen molar-refractivity contribution in [3.63, 3.8) is 0 Å². The quantitative estimate of drug-likeness (QED) is 0.737. The van der Waals surface area contributed by atoms with Gasteiger partial charge in [-0.15, -0.1) is 0 Å². The first-order chi connectivity index (χ1) is 11.0. The van der Waals surface area contributed by atoms with E-state index in [9.17, 15) is 18.0 Å². The summed E-state index contributed by atoms with van der Waals surface area (Å²) in [7, 11) is 1.09. The molecule has 0 aliphatic rings. The van der Waals surface area contributed by atoms with Crippen molar-refractivity contribution >= 4 is 16.9 Å². The van der Waals surface area contributed by atoms with Crippen LogP contribution in [0.3, 0.4) is 0 Å². The second-order valence-electron chi connectivity index (χ2n) is 4.68. The predicted octanol–water partition coefficient (Wildman–Crippen LogP) is 4.16. The van der Waals surface area contributed by atoms with Gasteiger partial charge in [0.25, 0.3) is 0 Å². The molecule has 0 atom stereocenters. The molecule has 1 N–H and O–H groups in total. The first-order valence-electron chi connectivity index (χ1n) is 6.52. The Bertz CT molecular complexity index is 905. The molecule has 23 heavy (non-hydrogen) atoms. The monoisotopic (exact) mass is 321 g/mol. The van der Waals surface area contributed by atoms with Crippen LogP contribution in [-0.4, -0.2) is 18.1 Å². The van der Waals surface area contributed by atoms with Crippen molar-refractivity contribution in [3.8, 4) is 11.5 Å². The molecule has 4 nitrogen and oxygen atoms in total. The summed E-state index contributed by atoms with van der Waals surface area (Å²) < 4.78 is 51.5. The molecule has 0 fully saturated rings. The van der Waals surface area contributed by atoms with Crippen LogP contribution in [0.2, 0.25) is 0 Å². The minimum absolute atomic E-state index is 0.0977. The van der Waals surface area contributed by atoms with E-state index in [0.717, 1.165) is 31.4 Å². The van der Waals surface area contributed by atoms with E-state index < -0.39 is 34.7 Å². The number of methoxy groups -OCH3 is 1. The van der Waals surface area contributed by atoms with Gasteiger partial charge in [0.2, 0.25) is 0 Å². The third kappa shape index (κ3) is 2.61. The Morgan fingerprint density at radius 3 is 2.61 bits per heavy atom. The van der Waals surface area contributed by atoms with E-state index in [1.165, 1.54) is 12.3 Å². The number of benzene rings is 2. The number of hydrogen-bond acceptors (Lipinski definition) is 3. The van der Waals surface area contributed by atoms with Crippen LogP contribution >= 0.6 is 0 Å². The molecule has 1 aromatic heterocycles. The Balaban J connectivity index is 2.04. The van der Waals surface area contributed by atoms with Gasteiger partial charge < -0.3 is 14.5 Å². The number of ether oxygens (including phenoxy) is 2. The fourth-order valence-electron chi connectivity index (χ4n) is 2.16. The maximum atomic E-state index is 14.3. The Kier molecular flexibility index (Phi) is 3.69. The molecule has 7 heteroatoms. The highest BCUT2D eigenvalue weighted by molar-refractivity contribution is 5.90. The topological polar surface area (TPSA) is 51.3 Å². The van der Waals surface area contributed by atoms with E-state index in [1.54, 1.807) is 0 Å². The van der Waals surface area contributed by atoms with Gasteiger partial charge in [-0.2, -0.15) is 0 Å². The Morgan fingerprint density at radius 1 is 1.09 bits per heavy atom. The van der Waals surface area contributed by atoms with Gasteiger partial charge in [0, 0.05) is 17.6 Å². The predicted molar refractivity (Wildman–Crippen MR) is 76.0 cm³/mol. The smallest absolute Gasteiger partial charge is 0.340 e. The minimum Gasteiger partial charge on any atom is -0.465 e. The van der Waals surface area contributed by atoms with Crippen LogP contribution < -0.4 is 4.74 Å². The highest BCUT2D eigenvalue weighted by atomic mass is 19.1. The van der Waals surface area contributed by atoms with Crippen LogP contribution in [-0.2, 0) is 4.74 Å². The lowest BCUT2D eigenvalue weighted by molar-refractivity contribution is 0.0595. The largest absolute Gasteiger partial charge is 0.465 e. The number of carbonyl (C=O) groups is 1. The van der Waals surface area contributed by atoms with Crippen LogP contribution in [0.5, 0.6) is 11.5 Å². The molecule has 0 unspecified atom stereocenters. The van der Waals surface area contributed by atoms with Gasteiger partial charge in [-0.1, -0.05) is 0 Å². The molecular formula is C16H10F3NO3. The number of hydrogen-bond donors (Lipinski definition) is 1. The summed E-state index contributed by atoms with van der Waals surface area (Å²) in [5.74, 6) is -4.31. The molecule has 0 saturated carbocycles. The summed E-state index contributed by atoms with van der Waals surface area (Å²) in [5.41, 5.74) is -0.116. The second-order valence-corrected chi connectivity index (χ2v) is 4.68. The SMILES string of the molecule is COC(=O)c1cc(Oc2c(F)cc3[nH]ccc3c2F)ccc1F. The average Bonchev–Trinajstić information content (AvgIpc) is 3.00. The fourth-order valence-corrected chi connectivity index (χ4v) is 2.16. The van der Waals surface area contributed by atoms with Crippen LogP contribution in [0.25, 0.3) is 10.9 Å². The molecule has 0 amide bonds. The van der Waals surface area contributed by atoms with Crippen LogP contribution in [0.15, 0.2) is 36.5 Å². The Labute approximate surface area is 128 Å². The normalized spacial score (nSPS) is 10.8. The summed E-state index contributed by atoms with van der Waals surface area (Å²) >= 11 is 0. The summed E-state index contributed by atoms with van der Waals surface area (Å²) in [6.07, 6.45) is 1.46. The first-order valence-corrected chi connectivity index (χ1v) is 6.52. The minimum atomic E-state index is -0.929. The van der Waals surface area contributed by atoms with Gasteiger partial charge in [0.1, 0.15) is 11.6 Å². The summed E-state index contributed by atoms with van der Waals surface area (Å²) in [6.45, 7) is 0. The molecule has 0 aliphatic heterocycles. The van der Waals surface area contributed by atoms with E-state index in [2.05, 4.69) is 9.72 Å². The molecule has 0 radical (unpaired) electrons. The number of aromatic amines is 1. The first kappa shape index (κ1) is 15.0. The van der Waals surface area contributed by atoms with E-state index in [-0.39, 0.29) is 16.7 Å². The number of H-pyrrole nitrogens is 1. The Morgan fingerprint density at radius 2 is 1.87 bits per heavy atom. The standard InChI is InChI=1S/C16H10F3NO3/c1-22-16(21)10-6-8(2-3-11(10)17)23-15-12(18)7-13-9(14(15)19)4-5-20-13/h2-7,20H,1H3. The molecule has 3 rings (SSSR count). The van der Waals surface area contributed by atoms with Crippen molar-refractivity contribution in [2.45, 2.75) is 0 Å². The molecule has 2 aromatic carbocycles. The van der Waals surface area contributed by atoms with Crippen molar-refractivity contribution in [2.24, 2.45) is 0 Å². The lowest BCUT2D eigenvalue weighted by atomic mass is 10.2. The number of aromatic nitrogens is 1. The van der Waals surface area contributed by atoms with E-state index in [1.807, 2.05) is 0 Å². The number of nitrogens with one attached hydrogen (secondary N) is 1. The molecule has 3 aromatic rings. The zero-order chi connectivity index (χ0) is 16.6. The molecule has 0 spiro atoms. The van der Waals surface area contributed by atoms with Crippen molar-refractivity contribution in [2.75, 3.05) is 7.11 Å². The van der Waals surface area contributed by atoms with Gasteiger partial charge in [-0.25, -0.2) is 18.0 Å². The summed E-state index contributed by atoms with van der Waals surface area (Å²) in [5, 5.41) is 0.150. The van der Waals surface area contributed by atoms with Crippen molar-refractivity contribution in [1.29, 1.82) is 0 Å². The third-order valence-electron chi connectivity index (χ3n) is 3.27. The van der Waals surface area contributed by atoms with E-state index >= 15 is 0 Å². The van der Waals surface area contributed by atoms with Gasteiger partial charge in [0.05, 0.1) is 18.2 Å². The highest BCUT2D eigenvalue weighted by Gasteiger charge is 2.19. The average molecular weight is 321 g/mol. The summed E-state index contributed by atoms with van der Waals surface area (Å²) in [6, 6.07) is 5.63. The number of fused-ring (bicyclic) bond motifs is 1.